The molecule has 1 amide bonds. The first-order valence-electron chi connectivity index (χ1n) is 4.51. The molecule has 1 heterocycles. The molecule has 86 valence electrons. The molecule has 0 saturated heterocycles. The van der Waals surface area contributed by atoms with Crippen LogP contribution in [0.15, 0.2) is 6.20 Å². The molecular weight excluding hydrogens is 234 g/mol. The molecule has 0 radical (unpaired) electrons. The van der Waals surface area contributed by atoms with E-state index in [0.29, 0.717) is 0 Å². The second kappa shape index (κ2) is 5.41. The fourth-order valence-electron chi connectivity index (χ4n) is 0.996. The molecule has 6 nitrogen and oxygen atoms in total. The fraction of sp³-hybridized carbons (Fsp3) is 0.333. The molecule has 0 aliphatic rings. The van der Waals surface area contributed by atoms with Gasteiger partial charge in [-0.15, -0.1) is 0 Å². The second-order valence-corrected chi connectivity index (χ2v) is 3.14. The van der Waals surface area contributed by atoms with E-state index in [0.717, 1.165) is 0 Å². The summed E-state index contributed by atoms with van der Waals surface area (Å²) in [6, 6.07) is 0. The van der Waals surface area contributed by atoms with Crippen LogP contribution in [0.1, 0.15) is 24.3 Å². The molecule has 0 spiro atoms. The average Bonchev–Trinajstić information content (AvgIpc) is 2.20. The minimum Gasteiger partial charge on any atom is -0.461 e. The fourth-order valence-corrected chi connectivity index (χ4v) is 1.13. The van der Waals surface area contributed by atoms with Crippen LogP contribution >= 0.6 is 11.6 Å². The minimum absolute atomic E-state index is 0.0583. The number of hydrogen-bond donors (Lipinski definition) is 1. The molecule has 0 unspecified atom stereocenters. The quantitative estimate of drug-likeness (QED) is 0.639. The van der Waals surface area contributed by atoms with Crippen molar-refractivity contribution < 1.29 is 14.3 Å². The van der Waals surface area contributed by atoms with E-state index >= 15 is 0 Å². The Morgan fingerprint density at radius 1 is 1.56 bits per heavy atom. The predicted octanol–water partition coefficient (Wildman–Crippen LogP) is 1.27. The number of amides is 1. The highest BCUT2D eigenvalue weighted by Gasteiger charge is 2.16. The molecule has 0 aliphatic heterocycles. The van der Waals surface area contributed by atoms with Gasteiger partial charge in [-0.3, -0.25) is 4.79 Å². The Labute approximate surface area is 97.0 Å². The molecule has 7 heteroatoms. The molecule has 16 heavy (non-hydrogen) atoms. The molecule has 0 aromatic carbocycles. The Morgan fingerprint density at radius 3 is 2.81 bits per heavy atom. The molecule has 0 fully saturated rings. The number of carbonyl (C=O) groups is 2. The summed E-state index contributed by atoms with van der Waals surface area (Å²) in [4.78, 5) is 29.7. The van der Waals surface area contributed by atoms with Gasteiger partial charge in [-0.25, -0.2) is 14.8 Å². The molecule has 0 atom stereocenters. The van der Waals surface area contributed by atoms with Gasteiger partial charge in [0, 0.05) is 6.92 Å². The summed E-state index contributed by atoms with van der Waals surface area (Å²) in [7, 11) is 0. The van der Waals surface area contributed by atoms with Gasteiger partial charge in [-0.05, 0) is 18.5 Å². The molecule has 1 aromatic rings. The smallest absolute Gasteiger partial charge is 0.359 e. The van der Waals surface area contributed by atoms with Crippen molar-refractivity contribution in [3.63, 3.8) is 0 Å². The molecular formula is C9H10ClN3O3. The van der Waals surface area contributed by atoms with E-state index < -0.39 is 5.97 Å². The summed E-state index contributed by atoms with van der Waals surface area (Å²) in [5.41, 5.74) is 0.118. The number of anilines is 1. The normalized spacial score (nSPS) is 9.69. The monoisotopic (exact) mass is 243 g/mol. The van der Waals surface area contributed by atoms with Crippen LogP contribution in [0.3, 0.4) is 0 Å². The van der Waals surface area contributed by atoms with Gasteiger partial charge < -0.3 is 10.1 Å². The average molecular weight is 244 g/mol. The van der Waals surface area contributed by atoms with Crippen LogP contribution in [0.25, 0.3) is 0 Å². The van der Waals surface area contributed by atoms with E-state index in [1.54, 1.807) is 6.92 Å². The molecule has 1 N–H and O–H groups in total. The highest BCUT2D eigenvalue weighted by Crippen LogP contribution is 2.15. The third-order valence-electron chi connectivity index (χ3n) is 1.54. The van der Waals surface area contributed by atoms with Crippen molar-refractivity contribution in [2.24, 2.45) is 0 Å². The lowest BCUT2D eigenvalue weighted by Crippen LogP contribution is -2.15. The van der Waals surface area contributed by atoms with Crippen molar-refractivity contribution in [3.8, 4) is 0 Å². The molecule has 0 saturated carbocycles. The Hall–Kier alpha value is -1.69. The van der Waals surface area contributed by atoms with E-state index in [1.807, 2.05) is 0 Å². The highest BCUT2D eigenvalue weighted by atomic mass is 35.5. The van der Waals surface area contributed by atoms with Gasteiger partial charge in [0.1, 0.15) is 0 Å². The molecule has 1 aromatic heterocycles. The van der Waals surface area contributed by atoms with Gasteiger partial charge in [-0.2, -0.15) is 0 Å². The molecule has 0 bridgehead atoms. The van der Waals surface area contributed by atoms with Gasteiger partial charge in [0.25, 0.3) is 0 Å². The standard InChI is InChI=1S/C9H10ClN3O3/c1-3-16-8(15)7-6(12-5(2)14)4-11-9(10)13-7/h4H,3H2,1-2H3,(H,12,14). The highest BCUT2D eigenvalue weighted by molar-refractivity contribution is 6.28. The van der Waals surface area contributed by atoms with E-state index in [2.05, 4.69) is 15.3 Å². The lowest BCUT2D eigenvalue weighted by atomic mass is 10.3. The number of nitrogens with zero attached hydrogens (tertiary/aromatic N) is 2. The van der Waals surface area contributed by atoms with Crippen molar-refractivity contribution in [2.75, 3.05) is 11.9 Å². The summed E-state index contributed by atoms with van der Waals surface area (Å²) < 4.78 is 4.77. The number of halogens is 1. The van der Waals surface area contributed by atoms with Crippen molar-refractivity contribution in [3.05, 3.63) is 17.2 Å². The topological polar surface area (TPSA) is 81.2 Å². The summed E-state index contributed by atoms with van der Waals surface area (Å²) >= 11 is 5.55. The summed E-state index contributed by atoms with van der Waals surface area (Å²) in [5.74, 6) is -0.993. The first-order chi connectivity index (χ1) is 7.54. The number of ether oxygens (including phenoxy) is 1. The lowest BCUT2D eigenvalue weighted by Gasteiger charge is -2.07. The third kappa shape index (κ3) is 3.16. The first kappa shape index (κ1) is 12.4. The van der Waals surface area contributed by atoms with Crippen LogP contribution < -0.4 is 5.32 Å². The maximum Gasteiger partial charge on any atom is 0.359 e. The second-order valence-electron chi connectivity index (χ2n) is 2.80. The number of esters is 1. The molecule has 0 aliphatic carbocycles. The zero-order valence-electron chi connectivity index (χ0n) is 8.78. The zero-order chi connectivity index (χ0) is 12.1. The number of nitrogens with one attached hydrogen (secondary N) is 1. The van der Waals surface area contributed by atoms with E-state index in [1.165, 1.54) is 13.1 Å². The van der Waals surface area contributed by atoms with Crippen molar-refractivity contribution in [1.29, 1.82) is 0 Å². The van der Waals surface area contributed by atoms with E-state index in [-0.39, 0.29) is 29.2 Å². The van der Waals surface area contributed by atoms with Gasteiger partial charge in [0.2, 0.25) is 11.2 Å². The molecule has 1 rings (SSSR count). The predicted molar refractivity (Wildman–Crippen MR) is 57.3 cm³/mol. The minimum atomic E-state index is -0.657. The maximum absolute atomic E-state index is 11.5. The van der Waals surface area contributed by atoms with Crippen molar-refractivity contribution in [2.45, 2.75) is 13.8 Å². The Balaban J connectivity index is 3.07. The zero-order valence-corrected chi connectivity index (χ0v) is 9.54. The largest absolute Gasteiger partial charge is 0.461 e. The number of carbonyl (C=O) groups excluding carboxylic acids is 2. The van der Waals surface area contributed by atoms with Crippen molar-refractivity contribution >= 4 is 29.2 Å². The van der Waals surface area contributed by atoms with Gasteiger partial charge in [0.15, 0.2) is 5.69 Å². The van der Waals surface area contributed by atoms with Crippen LogP contribution in [-0.2, 0) is 9.53 Å². The van der Waals surface area contributed by atoms with Gasteiger partial charge >= 0.3 is 5.97 Å². The van der Waals surface area contributed by atoms with Crippen LogP contribution in [0, 0.1) is 0 Å². The number of rotatable bonds is 3. The van der Waals surface area contributed by atoms with E-state index in [9.17, 15) is 9.59 Å². The van der Waals surface area contributed by atoms with Crippen LogP contribution in [0.4, 0.5) is 5.69 Å². The van der Waals surface area contributed by atoms with Crippen LogP contribution in [0.2, 0.25) is 5.28 Å². The Bertz CT molecular complexity index is 422. The van der Waals surface area contributed by atoms with Gasteiger partial charge in [-0.1, -0.05) is 0 Å². The Kier molecular flexibility index (Phi) is 4.19. The van der Waals surface area contributed by atoms with Gasteiger partial charge in [0.05, 0.1) is 18.5 Å². The van der Waals surface area contributed by atoms with Crippen molar-refractivity contribution in [1.82, 2.24) is 9.97 Å². The third-order valence-corrected chi connectivity index (χ3v) is 1.72. The summed E-state index contributed by atoms with van der Waals surface area (Å²) in [6.45, 7) is 3.18. The first-order valence-corrected chi connectivity index (χ1v) is 4.89. The number of aromatic nitrogens is 2. The Morgan fingerprint density at radius 2 is 2.25 bits per heavy atom. The van der Waals surface area contributed by atoms with E-state index in [4.69, 9.17) is 16.3 Å². The summed E-state index contributed by atoms with van der Waals surface area (Å²) in [6.07, 6.45) is 1.25. The maximum atomic E-state index is 11.5. The lowest BCUT2D eigenvalue weighted by molar-refractivity contribution is -0.114. The number of hydrogen-bond acceptors (Lipinski definition) is 5. The van der Waals surface area contributed by atoms with Crippen LogP contribution in [0.5, 0.6) is 0 Å². The SMILES string of the molecule is CCOC(=O)c1nc(Cl)ncc1NC(C)=O. The summed E-state index contributed by atoms with van der Waals surface area (Å²) in [5, 5.41) is 2.33. The van der Waals surface area contributed by atoms with Crippen LogP contribution in [-0.4, -0.2) is 28.5 Å².